The Morgan fingerprint density at radius 3 is 2.58 bits per heavy atom. The maximum atomic E-state index is 9.44. The van der Waals surface area contributed by atoms with E-state index in [-0.39, 0.29) is 6.04 Å². The Morgan fingerprint density at radius 1 is 1.32 bits per heavy atom. The lowest BCUT2D eigenvalue weighted by molar-refractivity contribution is 0.278. The van der Waals surface area contributed by atoms with Crippen LogP contribution in [0.2, 0.25) is 0 Å². The van der Waals surface area contributed by atoms with E-state index in [2.05, 4.69) is 13.0 Å². The van der Waals surface area contributed by atoms with Gasteiger partial charge < -0.3 is 9.47 Å². The minimum atomic E-state index is -0.323. The Labute approximate surface area is 115 Å². The molecular formula is C15H22N2O2. The molecule has 0 aliphatic heterocycles. The number of methoxy groups -OCH3 is 2. The van der Waals surface area contributed by atoms with Crippen LogP contribution in [0, 0.1) is 11.3 Å². The van der Waals surface area contributed by atoms with Gasteiger partial charge in [-0.25, -0.2) is 0 Å². The predicted molar refractivity (Wildman–Crippen MR) is 75.4 cm³/mol. The third-order valence-corrected chi connectivity index (χ3v) is 3.16. The second kappa shape index (κ2) is 7.65. The van der Waals surface area contributed by atoms with Crippen molar-refractivity contribution in [2.45, 2.75) is 25.8 Å². The van der Waals surface area contributed by atoms with E-state index in [9.17, 15) is 5.26 Å². The molecule has 0 aliphatic carbocycles. The summed E-state index contributed by atoms with van der Waals surface area (Å²) < 4.78 is 10.6. The van der Waals surface area contributed by atoms with E-state index in [1.807, 2.05) is 30.1 Å². The molecule has 0 radical (unpaired) electrons. The van der Waals surface area contributed by atoms with Gasteiger partial charge in [-0.3, -0.25) is 4.90 Å². The zero-order chi connectivity index (χ0) is 14.3. The summed E-state index contributed by atoms with van der Waals surface area (Å²) in [6, 6.07) is 7.57. The molecule has 1 aromatic carbocycles. The molecule has 1 aromatic rings. The van der Waals surface area contributed by atoms with Crippen molar-refractivity contribution in [3.63, 3.8) is 0 Å². The highest BCUT2D eigenvalue weighted by molar-refractivity contribution is 5.44. The molecule has 19 heavy (non-hydrogen) atoms. The number of nitrogens with zero attached hydrogens (tertiary/aromatic N) is 2. The first-order chi connectivity index (χ1) is 9.17. The van der Waals surface area contributed by atoms with Gasteiger partial charge in [-0.1, -0.05) is 13.3 Å². The second-order valence-electron chi connectivity index (χ2n) is 4.47. The second-order valence-corrected chi connectivity index (χ2v) is 4.47. The maximum absolute atomic E-state index is 9.44. The van der Waals surface area contributed by atoms with Gasteiger partial charge in [0.1, 0.15) is 17.5 Å². The van der Waals surface area contributed by atoms with Gasteiger partial charge in [-0.15, -0.1) is 0 Å². The van der Waals surface area contributed by atoms with Crippen molar-refractivity contribution in [1.29, 1.82) is 5.26 Å². The van der Waals surface area contributed by atoms with Crippen LogP contribution >= 0.6 is 0 Å². The molecule has 1 rings (SSSR count). The summed E-state index contributed by atoms with van der Waals surface area (Å²) in [4.78, 5) is 2.04. The van der Waals surface area contributed by atoms with Crippen LogP contribution in [-0.2, 0) is 0 Å². The van der Waals surface area contributed by atoms with Crippen LogP contribution in [0.15, 0.2) is 18.2 Å². The average Bonchev–Trinajstić information content (AvgIpc) is 2.45. The lowest BCUT2D eigenvalue weighted by Gasteiger charge is -2.24. The van der Waals surface area contributed by atoms with Gasteiger partial charge in [0.2, 0.25) is 0 Å². The van der Waals surface area contributed by atoms with Crippen LogP contribution in [0.25, 0.3) is 0 Å². The van der Waals surface area contributed by atoms with Gasteiger partial charge >= 0.3 is 0 Å². The van der Waals surface area contributed by atoms with Gasteiger partial charge in [0.15, 0.2) is 0 Å². The van der Waals surface area contributed by atoms with Crippen LogP contribution < -0.4 is 9.47 Å². The number of hydrogen-bond donors (Lipinski definition) is 0. The van der Waals surface area contributed by atoms with Gasteiger partial charge in [0.25, 0.3) is 0 Å². The number of hydrogen-bond acceptors (Lipinski definition) is 4. The number of benzene rings is 1. The molecule has 0 amide bonds. The first-order valence-corrected chi connectivity index (χ1v) is 6.49. The Bertz CT molecular complexity index is 440. The van der Waals surface area contributed by atoms with Crippen LogP contribution in [0.3, 0.4) is 0 Å². The van der Waals surface area contributed by atoms with Crippen molar-refractivity contribution in [1.82, 2.24) is 4.90 Å². The molecule has 0 saturated carbocycles. The quantitative estimate of drug-likeness (QED) is 0.757. The summed E-state index contributed by atoms with van der Waals surface area (Å²) in [5.41, 5.74) is 0.850. The third kappa shape index (κ3) is 3.87. The molecule has 1 atom stereocenters. The molecule has 0 aliphatic rings. The van der Waals surface area contributed by atoms with E-state index < -0.39 is 0 Å². The molecular weight excluding hydrogens is 240 g/mol. The maximum Gasteiger partial charge on any atom is 0.127 e. The van der Waals surface area contributed by atoms with E-state index in [4.69, 9.17) is 9.47 Å². The minimum Gasteiger partial charge on any atom is -0.497 e. The van der Waals surface area contributed by atoms with Gasteiger partial charge in [-0.2, -0.15) is 5.26 Å². The number of rotatable bonds is 7. The fourth-order valence-corrected chi connectivity index (χ4v) is 2.00. The Hall–Kier alpha value is -1.73. The molecule has 0 bridgehead atoms. The molecule has 0 aromatic heterocycles. The number of ether oxygens (including phenoxy) is 2. The number of unbranched alkanes of at least 4 members (excludes halogenated alkanes) is 1. The summed E-state index contributed by atoms with van der Waals surface area (Å²) in [6.45, 7) is 3.02. The monoisotopic (exact) mass is 262 g/mol. The number of nitriles is 1. The molecule has 0 heterocycles. The SMILES string of the molecule is CCCCN(C)C(C#N)c1cc(OC)ccc1OC. The lowest BCUT2D eigenvalue weighted by Crippen LogP contribution is -2.25. The first kappa shape index (κ1) is 15.3. The summed E-state index contributed by atoms with van der Waals surface area (Å²) in [5.74, 6) is 1.45. The van der Waals surface area contributed by atoms with Crippen LogP contribution in [0.4, 0.5) is 0 Å². The van der Waals surface area contributed by atoms with Crippen molar-refractivity contribution in [3.05, 3.63) is 23.8 Å². The summed E-state index contributed by atoms with van der Waals surface area (Å²) in [5, 5.41) is 9.44. The highest BCUT2D eigenvalue weighted by atomic mass is 16.5. The van der Waals surface area contributed by atoms with Crippen LogP contribution in [0.5, 0.6) is 11.5 Å². The highest BCUT2D eigenvalue weighted by Crippen LogP contribution is 2.31. The fourth-order valence-electron chi connectivity index (χ4n) is 2.00. The van der Waals surface area contributed by atoms with E-state index in [0.29, 0.717) is 0 Å². The van der Waals surface area contributed by atoms with Crippen molar-refractivity contribution in [2.75, 3.05) is 27.8 Å². The van der Waals surface area contributed by atoms with Crippen molar-refractivity contribution in [2.24, 2.45) is 0 Å². The molecule has 4 heteroatoms. The third-order valence-electron chi connectivity index (χ3n) is 3.16. The summed E-state index contributed by atoms with van der Waals surface area (Å²) in [7, 11) is 5.20. The van der Waals surface area contributed by atoms with E-state index >= 15 is 0 Å². The smallest absolute Gasteiger partial charge is 0.127 e. The Morgan fingerprint density at radius 2 is 2.05 bits per heavy atom. The van der Waals surface area contributed by atoms with E-state index in [1.54, 1.807) is 14.2 Å². The summed E-state index contributed by atoms with van der Waals surface area (Å²) in [6.07, 6.45) is 2.18. The van der Waals surface area contributed by atoms with Gasteiger partial charge in [0, 0.05) is 5.56 Å². The predicted octanol–water partition coefficient (Wildman–Crippen LogP) is 3.00. The Kier molecular flexibility index (Phi) is 6.17. The largest absolute Gasteiger partial charge is 0.497 e. The summed E-state index contributed by atoms with van der Waals surface area (Å²) >= 11 is 0. The molecule has 104 valence electrons. The average molecular weight is 262 g/mol. The molecule has 0 fully saturated rings. The molecule has 0 N–H and O–H groups in total. The zero-order valence-electron chi connectivity index (χ0n) is 12.1. The van der Waals surface area contributed by atoms with Crippen LogP contribution in [-0.4, -0.2) is 32.7 Å². The standard InChI is InChI=1S/C15H22N2O2/c1-5-6-9-17(2)14(11-16)13-10-12(18-3)7-8-15(13)19-4/h7-8,10,14H,5-6,9H2,1-4H3. The van der Waals surface area contributed by atoms with Gasteiger partial charge in [0.05, 0.1) is 20.3 Å². The molecule has 0 saturated heterocycles. The zero-order valence-corrected chi connectivity index (χ0v) is 12.1. The fraction of sp³-hybridized carbons (Fsp3) is 0.533. The van der Waals surface area contributed by atoms with Crippen molar-refractivity contribution < 1.29 is 9.47 Å². The van der Waals surface area contributed by atoms with Gasteiger partial charge in [-0.05, 0) is 38.2 Å². The highest BCUT2D eigenvalue weighted by Gasteiger charge is 2.20. The Balaban J connectivity index is 3.05. The van der Waals surface area contributed by atoms with E-state index in [0.717, 1.165) is 36.4 Å². The lowest BCUT2D eigenvalue weighted by atomic mass is 10.0. The van der Waals surface area contributed by atoms with E-state index in [1.165, 1.54) is 0 Å². The van der Waals surface area contributed by atoms with Crippen molar-refractivity contribution in [3.8, 4) is 17.6 Å². The first-order valence-electron chi connectivity index (χ1n) is 6.49. The molecule has 1 unspecified atom stereocenters. The minimum absolute atomic E-state index is 0.323. The molecule has 4 nitrogen and oxygen atoms in total. The van der Waals surface area contributed by atoms with Crippen LogP contribution in [0.1, 0.15) is 31.4 Å². The van der Waals surface area contributed by atoms with Crippen molar-refractivity contribution >= 4 is 0 Å². The molecule has 0 spiro atoms. The normalized spacial score (nSPS) is 12.0. The topological polar surface area (TPSA) is 45.5 Å².